The van der Waals surface area contributed by atoms with Crippen molar-refractivity contribution in [1.29, 1.82) is 0 Å². The van der Waals surface area contributed by atoms with Gasteiger partial charge in [0.1, 0.15) is 17.1 Å². The SMILES string of the molecule is CC(=O)ON1C(=O)CCC1=O.O=C(O)c1ccccc1-c1c2ccc(=O)cc-2oc2cc(O)ccc12.S.S. The Hall–Kier alpha value is -4.29. The topological polar surface area (TPSA) is 151 Å². The molecule has 0 atom stereocenters. The highest BCUT2D eigenvalue weighted by molar-refractivity contribution is 7.59. The fourth-order valence-electron chi connectivity index (χ4n) is 3.82. The molecule has 2 heterocycles. The standard InChI is InChI=1S/C20H12O5.C6H7NO4.2H2S/c21-11-5-7-15-17(9-11)25-18-10-12(22)6-8-16(18)19(15)13-3-1-2-4-14(13)20(23)24;1-4(8)11-7-5(9)2-3-6(7)10;;/h1-10,21H,(H,23,24);2-3H2,1H3;2*1H2. The maximum atomic E-state index is 11.7. The minimum absolute atomic E-state index is 0. The Kier molecular flexibility index (Phi) is 9.69. The lowest BCUT2D eigenvalue weighted by atomic mass is 9.91. The molecule has 2 aliphatic heterocycles. The fraction of sp³-hybridized carbons (Fsp3) is 0.115. The summed E-state index contributed by atoms with van der Waals surface area (Å²) in [4.78, 5) is 59.5. The van der Waals surface area contributed by atoms with Gasteiger partial charge in [-0.15, -0.1) is 5.06 Å². The van der Waals surface area contributed by atoms with E-state index in [2.05, 4.69) is 4.84 Å². The van der Waals surface area contributed by atoms with Crippen LogP contribution in [0.15, 0.2) is 69.9 Å². The number of carboxylic acids is 1. The van der Waals surface area contributed by atoms with Gasteiger partial charge < -0.3 is 19.5 Å². The second-order valence-electron chi connectivity index (χ2n) is 7.83. The van der Waals surface area contributed by atoms with E-state index in [9.17, 15) is 34.2 Å². The first-order chi connectivity index (χ1) is 17.2. The molecule has 38 heavy (non-hydrogen) atoms. The molecule has 0 saturated carbocycles. The van der Waals surface area contributed by atoms with Gasteiger partial charge in [-0.25, -0.2) is 9.59 Å². The van der Waals surface area contributed by atoms with Gasteiger partial charge in [-0.1, -0.05) is 18.2 Å². The number of fused-ring (bicyclic) bond motifs is 2. The van der Waals surface area contributed by atoms with Crippen LogP contribution < -0.4 is 5.43 Å². The number of phenols is 1. The van der Waals surface area contributed by atoms with Gasteiger partial charge in [0, 0.05) is 48.4 Å². The summed E-state index contributed by atoms with van der Waals surface area (Å²) in [5.74, 6) is -2.26. The summed E-state index contributed by atoms with van der Waals surface area (Å²) < 4.78 is 5.76. The number of aromatic hydroxyl groups is 1. The van der Waals surface area contributed by atoms with Gasteiger partial charge in [0.05, 0.1) is 5.56 Å². The van der Waals surface area contributed by atoms with Crippen LogP contribution in [0.5, 0.6) is 5.75 Å². The van der Waals surface area contributed by atoms with Crippen LogP contribution >= 0.6 is 27.0 Å². The molecule has 12 heteroatoms. The number of nitrogens with zero attached hydrogens (tertiary/aromatic N) is 1. The second kappa shape index (κ2) is 12.3. The Balaban J connectivity index is 0.000000333. The molecule has 0 aromatic heterocycles. The number of benzene rings is 3. The molecule has 1 aliphatic carbocycles. The predicted octanol–water partition coefficient (Wildman–Crippen LogP) is 3.81. The summed E-state index contributed by atoms with van der Waals surface area (Å²) >= 11 is 0. The molecule has 5 rings (SSSR count). The number of imide groups is 1. The lowest BCUT2D eigenvalue weighted by molar-refractivity contribution is -0.195. The molecule has 10 nitrogen and oxygen atoms in total. The van der Waals surface area contributed by atoms with Crippen molar-refractivity contribution in [2.75, 3.05) is 0 Å². The number of amides is 2. The highest BCUT2D eigenvalue weighted by Crippen LogP contribution is 2.41. The minimum Gasteiger partial charge on any atom is -0.508 e. The zero-order valence-electron chi connectivity index (χ0n) is 19.9. The van der Waals surface area contributed by atoms with Crippen molar-refractivity contribution in [2.24, 2.45) is 0 Å². The van der Waals surface area contributed by atoms with Crippen LogP contribution in [-0.4, -0.2) is 39.0 Å². The van der Waals surface area contributed by atoms with Crippen molar-refractivity contribution in [1.82, 2.24) is 5.06 Å². The highest BCUT2D eigenvalue weighted by atomic mass is 32.1. The summed E-state index contributed by atoms with van der Waals surface area (Å²) in [5, 5.41) is 20.5. The Morgan fingerprint density at radius 3 is 2.18 bits per heavy atom. The van der Waals surface area contributed by atoms with E-state index in [4.69, 9.17) is 4.42 Å². The molecule has 0 unspecified atom stereocenters. The van der Waals surface area contributed by atoms with E-state index in [0.29, 0.717) is 38.5 Å². The summed E-state index contributed by atoms with van der Waals surface area (Å²) in [6.45, 7) is 1.14. The minimum atomic E-state index is -1.04. The van der Waals surface area contributed by atoms with E-state index in [0.717, 1.165) is 6.92 Å². The number of phenolic OH excluding ortho intramolecular Hbond substituents is 1. The third-order valence-electron chi connectivity index (χ3n) is 5.33. The first kappa shape index (κ1) is 29.9. The van der Waals surface area contributed by atoms with E-state index >= 15 is 0 Å². The molecule has 0 radical (unpaired) electrons. The average molecular weight is 558 g/mol. The summed E-state index contributed by atoms with van der Waals surface area (Å²) in [6, 6.07) is 15.7. The lowest BCUT2D eigenvalue weighted by Crippen LogP contribution is -2.30. The maximum absolute atomic E-state index is 11.7. The van der Waals surface area contributed by atoms with E-state index in [1.807, 2.05) is 0 Å². The van der Waals surface area contributed by atoms with Crippen molar-refractivity contribution < 1.29 is 38.6 Å². The highest BCUT2D eigenvalue weighted by Gasteiger charge is 2.31. The van der Waals surface area contributed by atoms with Gasteiger partial charge in [-0.3, -0.25) is 14.4 Å². The molecule has 0 spiro atoms. The van der Waals surface area contributed by atoms with Crippen molar-refractivity contribution in [3.05, 3.63) is 76.5 Å². The third kappa shape index (κ3) is 6.15. The largest absolute Gasteiger partial charge is 0.508 e. The normalized spacial score (nSPS) is 12.3. The smallest absolute Gasteiger partial charge is 0.336 e. The Morgan fingerprint density at radius 1 is 0.895 bits per heavy atom. The first-order valence-corrected chi connectivity index (χ1v) is 10.7. The van der Waals surface area contributed by atoms with Crippen LogP contribution in [-0.2, 0) is 19.2 Å². The second-order valence-corrected chi connectivity index (χ2v) is 7.83. The maximum Gasteiger partial charge on any atom is 0.336 e. The number of carbonyl (C=O) groups is 4. The number of hydrogen-bond acceptors (Lipinski definition) is 8. The van der Waals surface area contributed by atoms with Gasteiger partial charge in [0.25, 0.3) is 11.8 Å². The van der Waals surface area contributed by atoms with Crippen LogP contribution in [0.2, 0.25) is 0 Å². The van der Waals surface area contributed by atoms with Crippen LogP contribution in [0.3, 0.4) is 0 Å². The molecule has 2 amide bonds. The summed E-state index contributed by atoms with van der Waals surface area (Å²) in [7, 11) is 0. The fourth-order valence-corrected chi connectivity index (χ4v) is 3.82. The molecule has 198 valence electrons. The van der Waals surface area contributed by atoms with Crippen LogP contribution in [0.4, 0.5) is 0 Å². The Bertz CT molecular complexity index is 1550. The van der Waals surface area contributed by atoms with Crippen molar-refractivity contribution in [2.45, 2.75) is 19.8 Å². The molecule has 2 aromatic carbocycles. The molecular formula is C26H23NO9S2. The van der Waals surface area contributed by atoms with Gasteiger partial charge in [-0.2, -0.15) is 27.0 Å². The number of hydroxylamine groups is 2. The quantitative estimate of drug-likeness (QED) is 0.283. The first-order valence-electron chi connectivity index (χ1n) is 10.7. The van der Waals surface area contributed by atoms with Crippen LogP contribution in [0, 0.1) is 0 Å². The zero-order chi connectivity index (χ0) is 26.0. The third-order valence-corrected chi connectivity index (χ3v) is 5.33. The van der Waals surface area contributed by atoms with Crippen molar-refractivity contribution >= 4 is 61.7 Å². The molecule has 2 N–H and O–H groups in total. The average Bonchev–Trinajstić information content (AvgIpc) is 3.14. The number of hydrogen-bond donors (Lipinski definition) is 2. The van der Waals surface area contributed by atoms with Crippen LogP contribution in [0.25, 0.3) is 33.4 Å². The van der Waals surface area contributed by atoms with Crippen molar-refractivity contribution in [3.8, 4) is 28.2 Å². The molecule has 1 saturated heterocycles. The van der Waals surface area contributed by atoms with Gasteiger partial charge in [0.2, 0.25) is 0 Å². The number of rotatable bonds is 3. The van der Waals surface area contributed by atoms with E-state index in [1.54, 1.807) is 30.3 Å². The van der Waals surface area contributed by atoms with E-state index in [-0.39, 0.29) is 56.6 Å². The molecular weight excluding hydrogens is 534 g/mol. The van der Waals surface area contributed by atoms with Crippen LogP contribution in [0.1, 0.15) is 30.1 Å². The molecule has 2 aromatic rings. The number of carbonyl (C=O) groups excluding carboxylic acids is 3. The van der Waals surface area contributed by atoms with E-state index < -0.39 is 23.8 Å². The monoisotopic (exact) mass is 557 g/mol. The lowest BCUT2D eigenvalue weighted by Gasteiger charge is -2.16. The zero-order valence-corrected chi connectivity index (χ0v) is 21.9. The molecule has 0 bridgehead atoms. The van der Waals surface area contributed by atoms with Crippen molar-refractivity contribution in [3.63, 3.8) is 0 Å². The summed E-state index contributed by atoms with van der Waals surface area (Å²) in [6.07, 6.45) is 0.262. The Morgan fingerprint density at radius 2 is 1.55 bits per heavy atom. The summed E-state index contributed by atoms with van der Waals surface area (Å²) in [5.41, 5.74) is 2.10. The molecule has 1 fully saturated rings. The predicted molar refractivity (Wildman–Crippen MR) is 147 cm³/mol. The van der Waals surface area contributed by atoms with Gasteiger partial charge >= 0.3 is 11.9 Å². The van der Waals surface area contributed by atoms with Gasteiger partial charge in [-0.05, 0) is 35.9 Å². The molecule has 3 aliphatic rings. The number of carboxylic acid groups (broad SMARTS) is 1. The number of aromatic carboxylic acids is 1. The Labute approximate surface area is 229 Å². The van der Waals surface area contributed by atoms with Gasteiger partial charge in [0.15, 0.2) is 5.43 Å². The van der Waals surface area contributed by atoms with E-state index in [1.165, 1.54) is 30.3 Å².